The number of hydrogen-bond donors (Lipinski definition) is 0. The van der Waals surface area contributed by atoms with Gasteiger partial charge in [-0.25, -0.2) is 22.2 Å². The molecule has 38 heavy (non-hydrogen) atoms. The standard InChI is InChI=1S/C26H23ClF2N4O3S2/c1-16-5-7-20(27)24-23(16)31-26(37-24)33(15-18-4-2-3-11-30-18)25(34)17-9-12-32(13-10-17)38(35,36)19-6-8-21(28)22(29)14-19/h2-8,11,14,17H,9-10,12-13,15H2,1H3. The summed E-state index contributed by atoms with van der Waals surface area (Å²) in [6.07, 6.45) is 2.19. The smallest absolute Gasteiger partial charge is 0.243 e. The predicted octanol–water partition coefficient (Wildman–Crippen LogP) is 5.57. The summed E-state index contributed by atoms with van der Waals surface area (Å²) in [5.41, 5.74) is 2.35. The van der Waals surface area contributed by atoms with Crippen molar-refractivity contribution in [1.29, 1.82) is 0 Å². The van der Waals surface area contributed by atoms with Crippen molar-refractivity contribution in [2.75, 3.05) is 18.0 Å². The molecule has 0 aliphatic carbocycles. The highest BCUT2D eigenvalue weighted by Gasteiger charge is 2.35. The minimum atomic E-state index is -4.03. The van der Waals surface area contributed by atoms with Crippen molar-refractivity contribution in [1.82, 2.24) is 14.3 Å². The Morgan fingerprint density at radius 1 is 1.13 bits per heavy atom. The summed E-state index contributed by atoms with van der Waals surface area (Å²) in [7, 11) is -4.03. The van der Waals surface area contributed by atoms with Gasteiger partial charge in [0, 0.05) is 25.2 Å². The normalized spacial score (nSPS) is 15.2. The molecule has 0 radical (unpaired) electrons. The topological polar surface area (TPSA) is 83.5 Å². The minimum Gasteiger partial charge on any atom is -0.282 e. The molecule has 1 aliphatic rings. The van der Waals surface area contributed by atoms with Gasteiger partial charge in [-0.1, -0.05) is 35.1 Å². The maximum absolute atomic E-state index is 13.8. The molecule has 1 amide bonds. The lowest BCUT2D eigenvalue weighted by atomic mass is 9.96. The van der Waals surface area contributed by atoms with Crippen LogP contribution in [0.25, 0.3) is 10.2 Å². The van der Waals surface area contributed by atoms with Crippen LogP contribution in [0, 0.1) is 24.5 Å². The van der Waals surface area contributed by atoms with Gasteiger partial charge in [0.05, 0.1) is 32.4 Å². The number of sulfonamides is 1. The van der Waals surface area contributed by atoms with Crippen LogP contribution in [0.3, 0.4) is 0 Å². The Morgan fingerprint density at radius 2 is 1.89 bits per heavy atom. The Bertz CT molecular complexity index is 1570. The number of pyridine rings is 1. The second-order valence-corrected chi connectivity index (χ2v) is 12.4. The van der Waals surface area contributed by atoms with Crippen molar-refractivity contribution in [3.8, 4) is 0 Å². The molecule has 1 saturated heterocycles. The van der Waals surface area contributed by atoms with Crippen LogP contribution in [0.1, 0.15) is 24.1 Å². The van der Waals surface area contributed by atoms with Crippen LogP contribution in [0.5, 0.6) is 0 Å². The van der Waals surface area contributed by atoms with E-state index in [0.717, 1.165) is 27.9 Å². The van der Waals surface area contributed by atoms with Crippen LogP contribution in [-0.4, -0.2) is 41.7 Å². The van der Waals surface area contributed by atoms with Gasteiger partial charge in [-0.2, -0.15) is 4.31 Å². The summed E-state index contributed by atoms with van der Waals surface area (Å²) in [5.74, 6) is -2.99. The molecule has 0 atom stereocenters. The van der Waals surface area contributed by atoms with Gasteiger partial charge in [0.2, 0.25) is 15.9 Å². The lowest BCUT2D eigenvalue weighted by Gasteiger charge is -2.33. The van der Waals surface area contributed by atoms with Gasteiger partial charge in [0.15, 0.2) is 16.8 Å². The number of hydrogen-bond acceptors (Lipinski definition) is 6. The average molecular weight is 577 g/mol. The van der Waals surface area contributed by atoms with Crippen LogP contribution >= 0.6 is 22.9 Å². The summed E-state index contributed by atoms with van der Waals surface area (Å²) < 4.78 is 55.0. The highest BCUT2D eigenvalue weighted by molar-refractivity contribution is 7.89. The van der Waals surface area contributed by atoms with Gasteiger partial charge in [0.1, 0.15) is 0 Å². The van der Waals surface area contributed by atoms with Crippen LogP contribution in [0.2, 0.25) is 5.02 Å². The molecule has 4 aromatic rings. The number of amides is 1. The van der Waals surface area contributed by atoms with Crippen LogP contribution in [-0.2, 0) is 21.4 Å². The number of nitrogens with zero attached hydrogens (tertiary/aromatic N) is 4. The fraction of sp³-hybridized carbons (Fsp3) is 0.269. The number of thiazole rings is 1. The molecule has 198 valence electrons. The van der Waals surface area contributed by atoms with Crippen molar-refractivity contribution >= 4 is 54.2 Å². The Labute approximate surface area is 227 Å². The molecule has 5 rings (SSSR count). The van der Waals surface area contributed by atoms with E-state index < -0.39 is 27.6 Å². The second kappa shape index (κ2) is 10.6. The molecule has 12 heteroatoms. The van der Waals surface area contributed by atoms with Crippen molar-refractivity contribution in [3.05, 3.63) is 82.6 Å². The predicted molar refractivity (Wildman–Crippen MR) is 143 cm³/mol. The number of halogens is 3. The summed E-state index contributed by atoms with van der Waals surface area (Å²) in [6, 6.07) is 11.6. The first-order chi connectivity index (χ1) is 18.1. The first-order valence-corrected chi connectivity index (χ1v) is 14.5. The van der Waals surface area contributed by atoms with Crippen LogP contribution in [0.4, 0.5) is 13.9 Å². The molecule has 0 saturated carbocycles. The van der Waals surface area contributed by atoms with E-state index in [2.05, 4.69) is 4.98 Å². The number of carbonyl (C=O) groups excluding carboxylic acids is 1. The van der Waals surface area contributed by atoms with E-state index in [9.17, 15) is 22.0 Å². The van der Waals surface area contributed by atoms with Crippen molar-refractivity contribution in [2.24, 2.45) is 5.92 Å². The highest BCUT2D eigenvalue weighted by Crippen LogP contribution is 2.37. The number of rotatable bonds is 6. The Kier molecular flexibility index (Phi) is 7.45. The first kappa shape index (κ1) is 26.6. The van der Waals surface area contributed by atoms with Gasteiger partial charge in [0.25, 0.3) is 0 Å². The third-order valence-corrected chi connectivity index (χ3v) is 9.99. The molecule has 0 N–H and O–H groups in total. The van der Waals surface area contributed by atoms with Crippen LogP contribution in [0.15, 0.2) is 59.6 Å². The summed E-state index contributed by atoms with van der Waals surface area (Å²) in [4.78, 5) is 24.2. The molecular formula is C26H23ClF2N4O3S2. The molecule has 3 heterocycles. The molecule has 7 nitrogen and oxygen atoms in total. The molecule has 2 aromatic heterocycles. The second-order valence-electron chi connectivity index (χ2n) is 9.04. The summed E-state index contributed by atoms with van der Waals surface area (Å²) >= 11 is 7.74. The minimum absolute atomic E-state index is 0.0694. The number of benzene rings is 2. The van der Waals surface area contributed by atoms with E-state index >= 15 is 0 Å². The molecule has 1 aliphatic heterocycles. The van der Waals surface area contributed by atoms with Gasteiger partial charge < -0.3 is 0 Å². The van der Waals surface area contributed by atoms with Gasteiger partial charge in [-0.3, -0.25) is 14.7 Å². The zero-order valence-corrected chi connectivity index (χ0v) is 22.7. The van der Waals surface area contributed by atoms with Crippen molar-refractivity contribution in [2.45, 2.75) is 31.2 Å². The van der Waals surface area contributed by atoms with E-state index in [4.69, 9.17) is 16.6 Å². The maximum atomic E-state index is 13.8. The zero-order valence-electron chi connectivity index (χ0n) is 20.3. The van der Waals surface area contributed by atoms with E-state index in [0.29, 0.717) is 21.9 Å². The third kappa shape index (κ3) is 5.15. The molecular weight excluding hydrogens is 554 g/mol. The lowest BCUT2D eigenvalue weighted by molar-refractivity contribution is -0.123. The van der Waals surface area contributed by atoms with E-state index in [1.807, 2.05) is 25.1 Å². The number of piperidine rings is 1. The zero-order chi connectivity index (χ0) is 27.0. The SMILES string of the molecule is Cc1ccc(Cl)c2sc(N(Cc3ccccn3)C(=O)C3CCN(S(=O)(=O)c4ccc(F)c(F)c4)CC3)nc12. The lowest BCUT2D eigenvalue weighted by Crippen LogP contribution is -2.44. The number of fused-ring (bicyclic) bond motifs is 1. The third-order valence-electron chi connectivity index (χ3n) is 6.56. The Hall–Kier alpha value is -2.99. The summed E-state index contributed by atoms with van der Waals surface area (Å²) in [6.45, 7) is 2.26. The monoisotopic (exact) mass is 576 g/mol. The van der Waals surface area contributed by atoms with Crippen LogP contribution < -0.4 is 4.90 Å². The maximum Gasteiger partial charge on any atom is 0.243 e. The number of aryl methyl sites for hydroxylation is 1. The summed E-state index contributed by atoms with van der Waals surface area (Å²) in [5, 5.41) is 1.04. The van der Waals surface area contributed by atoms with Gasteiger partial charge in [-0.05, 0) is 61.7 Å². The fourth-order valence-corrected chi connectivity index (χ4v) is 7.25. The first-order valence-electron chi connectivity index (χ1n) is 11.9. The molecule has 0 spiro atoms. The van der Waals surface area contributed by atoms with Gasteiger partial charge in [-0.15, -0.1) is 0 Å². The largest absolute Gasteiger partial charge is 0.282 e. The van der Waals surface area contributed by atoms with E-state index in [-0.39, 0.29) is 43.3 Å². The number of anilines is 1. The molecule has 1 fully saturated rings. The Morgan fingerprint density at radius 3 is 2.55 bits per heavy atom. The number of carbonyl (C=O) groups is 1. The molecule has 0 unspecified atom stereocenters. The molecule has 2 aromatic carbocycles. The van der Waals surface area contributed by atoms with Crippen molar-refractivity contribution in [3.63, 3.8) is 0 Å². The fourth-order valence-electron chi connectivity index (χ4n) is 4.45. The van der Waals surface area contributed by atoms with Crippen molar-refractivity contribution < 1.29 is 22.0 Å². The Balaban J connectivity index is 1.39. The highest BCUT2D eigenvalue weighted by atomic mass is 35.5. The molecule has 0 bridgehead atoms. The van der Waals surface area contributed by atoms with E-state index in [1.165, 1.54) is 15.6 Å². The van der Waals surface area contributed by atoms with E-state index in [1.54, 1.807) is 23.2 Å². The number of aromatic nitrogens is 2. The van der Waals surface area contributed by atoms with Gasteiger partial charge >= 0.3 is 0 Å². The average Bonchev–Trinajstić information content (AvgIpc) is 3.38. The quantitative estimate of drug-likeness (QED) is 0.300.